The highest BCUT2D eigenvalue weighted by Gasteiger charge is 2.16. The van der Waals surface area contributed by atoms with E-state index in [-0.39, 0.29) is 25.2 Å². The minimum absolute atomic E-state index is 0.0720. The Morgan fingerprint density at radius 3 is 1.53 bits per heavy atom. The second-order valence-corrected chi connectivity index (χ2v) is 10.5. The van der Waals surface area contributed by atoms with Crippen molar-refractivity contribution in [1.82, 2.24) is 0 Å². The second-order valence-electron chi connectivity index (χ2n) is 10.5. The Hall–Kier alpha value is -1.62. The van der Waals surface area contributed by atoms with Gasteiger partial charge in [0.15, 0.2) is 6.10 Å². The fourth-order valence-electron chi connectivity index (χ4n) is 4.25. The molecule has 1 unspecified atom stereocenters. The Labute approximate surface area is 234 Å². The van der Waals surface area contributed by atoms with Crippen LogP contribution in [0.5, 0.6) is 0 Å². The molecule has 1 N–H and O–H groups in total. The molecule has 5 nitrogen and oxygen atoms in total. The number of carbonyl (C=O) groups excluding carboxylic acids is 2. The van der Waals surface area contributed by atoms with Crippen LogP contribution < -0.4 is 0 Å². The van der Waals surface area contributed by atoms with E-state index in [0.717, 1.165) is 57.8 Å². The molecule has 0 aliphatic heterocycles. The molecular weight excluding hydrogens is 476 g/mol. The summed E-state index contributed by atoms with van der Waals surface area (Å²) < 4.78 is 10.5. The third-order valence-corrected chi connectivity index (χ3v) is 6.70. The number of esters is 2. The van der Waals surface area contributed by atoms with Crippen LogP contribution in [-0.4, -0.2) is 36.4 Å². The average molecular weight is 537 g/mol. The smallest absolute Gasteiger partial charge is 0.306 e. The SMILES string of the molecule is CCC/C=C\CCCCCCCC(=O)OCC(CO)OC(=O)CCCCCCC/C=C\CCCCCCC. The number of hydrogen-bond donors (Lipinski definition) is 1. The van der Waals surface area contributed by atoms with Crippen molar-refractivity contribution in [2.45, 2.75) is 161 Å². The summed E-state index contributed by atoms with van der Waals surface area (Å²) in [6.45, 7) is 4.03. The molecule has 0 spiro atoms. The topological polar surface area (TPSA) is 72.8 Å². The van der Waals surface area contributed by atoms with Crippen molar-refractivity contribution in [3.05, 3.63) is 24.3 Å². The van der Waals surface area contributed by atoms with Crippen LogP contribution in [0.15, 0.2) is 24.3 Å². The molecule has 0 aliphatic rings. The van der Waals surface area contributed by atoms with Gasteiger partial charge >= 0.3 is 11.9 Å². The number of aliphatic hydroxyl groups is 1. The summed E-state index contributed by atoms with van der Waals surface area (Å²) >= 11 is 0. The lowest BCUT2D eigenvalue weighted by Gasteiger charge is -2.15. The predicted octanol–water partition coefficient (Wildman–Crippen LogP) is 9.17. The molecule has 0 aliphatic carbocycles. The molecule has 0 fully saturated rings. The van der Waals surface area contributed by atoms with Crippen molar-refractivity contribution in [3.63, 3.8) is 0 Å². The van der Waals surface area contributed by atoms with Crippen LogP contribution in [0.2, 0.25) is 0 Å². The lowest BCUT2D eigenvalue weighted by molar-refractivity contribution is -0.161. The lowest BCUT2D eigenvalue weighted by atomic mass is 10.1. The molecule has 0 aromatic rings. The number of ether oxygens (including phenoxy) is 2. The summed E-state index contributed by atoms with van der Waals surface area (Å²) in [5.41, 5.74) is 0. The molecule has 5 heteroatoms. The Bertz CT molecular complexity index is 584. The van der Waals surface area contributed by atoms with Gasteiger partial charge in [-0.3, -0.25) is 9.59 Å². The molecule has 222 valence electrons. The van der Waals surface area contributed by atoms with Crippen LogP contribution in [0.4, 0.5) is 0 Å². The fraction of sp³-hybridized carbons (Fsp3) is 0.818. The van der Waals surface area contributed by atoms with Crippen molar-refractivity contribution < 1.29 is 24.2 Å². The molecule has 0 saturated heterocycles. The van der Waals surface area contributed by atoms with Crippen molar-refractivity contribution in [2.75, 3.05) is 13.2 Å². The number of carbonyl (C=O) groups is 2. The van der Waals surface area contributed by atoms with Gasteiger partial charge in [0.25, 0.3) is 0 Å². The van der Waals surface area contributed by atoms with E-state index in [1.54, 1.807) is 0 Å². The van der Waals surface area contributed by atoms with Gasteiger partial charge in [-0.1, -0.05) is 109 Å². The van der Waals surface area contributed by atoms with Gasteiger partial charge in [0.2, 0.25) is 0 Å². The molecule has 38 heavy (non-hydrogen) atoms. The Balaban J connectivity index is 3.61. The van der Waals surface area contributed by atoms with E-state index in [1.165, 1.54) is 70.6 Å². The maximum Gasteiger partial charge on any atom is 0.306 e. The predicted molar refractivity (Wildman–Crippen MR) is 159 cm³/mol. The van der Waals surface area contributed by atoms with Gasteiger partial charge < -0.3 is 14.6 Å². The van der Waals surface area contributed by atoms with E-state index in [9.17, 15) is 14.7 Å². The van der Waals surface area contributed by atoms with Crippen LogP contribution in [0.25, 0.3) is 0 Å². The fourth-order valence-corrected chi connectivity index (χ4v) is 4.25. The molecule has 1 atom stereocenters. The van der Waals surface area contributed by atoms with Gasteiger partial charge in [-0.05, 0) is 57.8 Å². The number of hydrogen-bond acceptors (Lipinski definition) is 5. The molecule has 0 amide bonds. The van der Waals surface area contributed by atoms with Gasteiger partial charge in [-0.25, -0.2) is 0 Å². The van der Waals surface area contributed by atoms with Gasteiger partial charge in [0.1, 0.15) is 6.61 Å². The van der Waals surface area contributed by atoms with Crippen LogP contribution in [0.3, 0.4) is 0 Å². The zero-order valence-corrected chi connectivity index (χ0v) is 24.9. The van der Waals surface area contributed by atoms with Gasteiger partial charge in [0, 0.05) is 12.8 Å². The Morgan fingerprint density at radius 2 is 1.03 bits per heavy atom. The van der Waals surface area contributed by atoms with Crippen molar-refractivity contribution in [2.24, 2.45) is 0 Å². The van der Waals surface area contributed by atoms with Crippen LogP contribution >= 0.6 is 0 Å². The largest absolute Gasteiger partial charge is 0.462 e. The van der Waals surface area contributed by atoms with E-state index in [1.807, 2.05) is 0 Å². The molecule has 0 bridgehead atoms. The summed E-state index contributed by atoms with van der Waals surface area (Å²) in [7, 11) is 0. The Kier molecular flexibility index (Phi) is 28.7. The number of unbranched alkanes of at least 4 members (excludes halogenated alkanes) is 16. The summed E-state index contributed by atoms with van der Waals surface area (Å²) in [5.74, 6) is -0.615. The van der Waals surface area contributed by atoms with Gasteiger partial charge in [-0.2, -0.15) is 0 Å². The minimum Gasteiger partial charge on any atom is -0.462 e. The van der Waals surface area contributed by atoms with Crippen LogP contribution in [0, 0.1) is 0 Å². The third kappa shape index (κ3) is 27.4. The first-order valence-corrected chi connectivity index (χ1v) is 15.9. The van der Waals surface area contributed by atoms with E-state index >= 15 is 0 Å². The molecule has 0 saturated carbocycles. The number of aliphatic hydroxyl groups excluding tert-OH is 1. The molecule has 0 aromatic carbocycles. The van der Waals surface area contributed by atoms with Crippen molar-refractivity contribution in [3.8, 4) is 0 Å². The number of allylic oxidation sites excluding steroid dienone is 4. The maximum atomic E-state index is 12.1. The number of rotatable bonds is 28. The highest BCUT2D eigenvalue weighted by atomic mass is 16.6. The average Bonchev–Trinajstić information content (AvgIpc) is 2.92. The molecule has 0 rings (SSSR count). The Morgan fingerprint density at radius 1 is 0.579 bits per heavy atom. The monoisotopic (exact) mass is 536 g/mol. The van der Waals surface area contributed by atoms with Gasteiger partial charge in [0.05, 0.1) is 6.61 Å². The minimum atomic E-state index is -0.773. The summed E-state index contributed by atoms with van der Waals surface area (Å²) in [6.07, 6.45) is 32.3. The summed E-state index contributed by atoms with van der Waals surface area (Å²) in [6, 6.07) is 0. The van der Waals surface area contributed by atoms with Crippen LogP contribution in [0.1, 0.15) is 155 Å². The van der Waals surface area contributed by atoms with E-state index in [2.05, 4.69) is 38.2 Å². The standard InChI is InChI=1S/C33H60O5/c1-3-5-7-9-11-13-15-16-17-18-20-22-24-26-28-33(36)38-31(29-34)30-37-32(35)27-25-23-21-19-14-12-10-8-6-4-2/h8,10,15-16,31,34H,3-7,9,11-14,17-30H2,1-2H3/b10-8-,16-15-. The highest BCUT2D eigenvalue weighted by Crippen LogP contribution is 2.11. The normalized spacial score (nSPS) is 12.4. The first kappa shape index (κ1) is 36.4. The van der Waals surface area contributed by atoms with Crippen molar-refractivity contribution in [1.29, 1.82) is 0 Å². The second kappa shape index (κ2) is 29.9. The summed E-state index contributed by atoms with van der Waals surface area (Å²) in [4.78, 5) is 24.0. The highest BCUT2D eigenvalue weighted by molar-refractivity contribution is 5.70. The zero-order valence-electron chi connectivity index (χ0n) is 24.9. The molecule has 0 aromatic heterocycles. The zero-order chi connectivity index (χ0) is 27.9. The van der Waals surface area contributed by atoms with E-state index in [4.69, 9.17) is 9.47 Å². The molecule has 0 radical (unpaired) electrons. The first-order valence-electron chi connectivity index (χ1n) is 15.9. The van der Waals surface area contributed by atoms with Crippen LogP contribution in [-0.2, 0) is 19.1 Å². The van der Waals surface area contributed by atoms with Gasteiger partial charge in [-0.15, -0.1) is 0 Å². The molecular formula is C33H60O5. The quantitative estimate of drug-likeness (QED) is 0.0613. The third-order valence-electron chi connectivity index (χ3n) is 6.70. The first-order chi connectivity index (χ1) is 18.6. The van der Waals surface area contributed by atoms with E-state index in [0.29, 0.717) is 12.8 Å². The maximum absolute atomic E-state index is 12.1. The molecule has 0 heterocycles. The van der Waals surface area contributed by atoms with Crippen molar-refractivity contribution >= 4 is 11.9 Å². The van der Waals surface area contributed by atoms with E-state index < -0.39 is 6.10 Å². The lowest BCUT2D eigenvalue weighted by Crippen LogP contribution is -2.28. The summed E-state index contributed by atoms with van der Waals surface area (Å²) in [5, 5.41) is 9.47.